The van der Waals surface area contributed by atoms with Crippen LogP contribution < -0.4 is 11.1 Å². The monoisotopic (exact) mass is 246 g/mol. The second kappa shape index (κ2) is 3.46. The Bertz CT molecular complexity index is 295. The van der Waals surface area contributed by atoms with Crippen LogP contribution in [0.5, 0.6) is 0 Å². The Morgan fingerprint density at radius 2 is 2.42 bits per heavy atom. The van der Waals surface area contributed by atoms with Gasteiger partial charge in [-0.3, -0.25) is 0 Å². The first kappa shape index (κ1) is 8.69. The minimum absolute atomic E-state index is 0.659. The van der Waals surface area contributed by atoms with Crippen LogP contribution in [0.15, 0.2) is 3.79 Å². The number of thiophene rings is 1. The predicted octanol–water partition coefficient (Wildman–Crippen LogP) is 1.61. The van der Waals surface area contributed by atoms with Gasteiger partial charge in [-0.15, -0.1) is 11.3 Å². The van der Waals surface area contributed by atoms with Crippen LogP contribution in [-0.4, -0.2) is 6.54 Å². The molecule has 0 spiro atoms. The quantitative estimate of drug-likeness (QED) is 0.791. The highest BCUT2D eigenvalue weighted by Gasteiger charge is 2.17. The number of halogens is 1. The van der Waals surface area contributed by atoms with Crippen LogP contribution in [0.1, 0.15) is 16.0 Å². The number of rotatable bonds is 1. The predicted molar refractivity (Wildman–Crippen MR) is 55.3 cm³/mol. The van der Waals surface area contributed by atoms with Crippen molar-refractivity contribution in [1.82, 2.24) is 5.32 Å². The van der Waals surface area contributed by atoms with Crippen LogP contribution >= 0.6 is 27.3 Å². The molecule has 0 fully saturated rings. The molecule has 1 aliphatic heterocycles. The molecule has 0 aromatic carbocycles. The topological polar surface area (TPSA) is 38.0 Å². The van der Waals surface area contributed by atoms with E-state index in [0.717, 1.165) is 19.5 Å². The van der Waals surface area contributed by atoms with E-state index in [-0.39, 0.29) is 0 Å². The van der Waals surface area contributed by atoms with Gasteiger partial charge in [-0.05, 0) is 40.0 Å². The Morgan fingerprint density at radius 1 is 1.58 bits per heavy atom. The molecule has 66 valence electrons. The summed E-state index contributed by atoms with van der Waals surface area (Å²) in [6, 6.07) is 0. The molecule has 0 unspecified atom stereocenters. The van der Waals surface area contributed by atoms with Crippen molar-refractivity contribution in [3.8, 4) is 0 Å². The maximum absolute atomic E-state index is 5.68. The van der Waals surface area contributed by atoms with Gasteiger partial charge in [0, 0.05) is 18.0 Å². The molecule has 1 aromatic heterocycles. The lowest BCUT2D eigenvalue weighted by atomic mass is 10.1. The first-order valence-electron chi connectivity index (χ1n) is 4.02. The lowest BCUT2D eigenvalue weighted by molar-refractivity contribution is 0.650. The molecule has 2 rings (SSSR count). The molecule has 0 bridgehead atoms. The van der Waals surface area contributed by atoms with Gasteiger partial charge in [0.1, 0.15) is 0 Å². The van der Waals surface area contributed by atoms with Crippen molar-refractivity contribution < 1.29 is 0 Å². The largest absolute Gasteiger partial charge is 0.326 e. The highest BCUT2D eigenvalue weighted by Crippen LogP contribution is 2.34. The smallest absolute Gasteiger partial charge is 0.0749 e. The van der Waals surface area contributed by atoms with Gasteiger partial charge in [0.2, 0.25) is 0 Å². The van der Waals surface area contributed by atoms with Crippen LogP contribution in [0.4, 0.5) is 0 Å². The number of hydrogen-bond acceptors (Lipinski definition) is 3. The van der Waals surface area contributed by atoms with Crippen molar-refractivity contribution in [3.63, 3.8) is 0 Å². The second-order valence-electron chi connectivity index (χ2n) is 2.89. The molecule has 0 atom stereocenters. The molecule has 1 aliphatic rings. The molecule has 0 amide bonds. The molecule has 0 saturated carbocycles. The molecule has 4 heteroatoms. The van der Waals surface area contributed by atoms with Crippen LogP contribution in [0.3, 0.4) is 0 Å². The van der Waals surface area contributed by atoms with E-state index in [0.29, 0.717) is 6.54 Å². The van der Waals surface area contributed by atoms with E-state index >= 15 is 0 Å². The summed E-state index contributed by atoms with van der Waals surface area (Å²) >= 11 is 5.36. The minimum Gasteiger partial charge on any atom is -0.326 e. The van der Waals surface area contributed by atoms with Crippen molar-refractivity contribution >= 4 is 27.3 Å². The lowest BCUT2D eigenvalue weighted by Crippen LogP contribution is -2.22. The third-order valence-electron chi connectivity index (χ3n) is 2.19. The summed E-state index contributed by atoms with van der Waals surface area (Å²) in [5.74, 6) is 0. The van der Waals surface area contributed by atoms with Crippen LogP contribution in [0.2, 0.25) is 0 Å². The highest BCUT2D eigenvalue weighted by molar-refractivity contribution is 9.11. The first-order chi connectivity index (χ1) is 5.83. The molecule has 1 aromatic rings. The van der Waals surface area contributed by atoms with Gasteiger partial charge in [0.15, 0.2) is 0 Å². The van der Waals surface area contributed by atoms with Crippen molar-refractivity contribution in [2.24, 2.45) is 5.73 Å². The van der Waals surface area contributed by atoms with Crippen LogP contribution in [-0.2, 0) is 19.5 Å². The van der Waals surface area contributed by atoms with Crippen molar-refractivity contribution in [1.29, 1.82) is 0 Å². The minimum atomic E-state index is 0.659. The number of hydrogen-bond donors (Lipinski definition) is 2. The molecule has 12 heavy (non-hydrogen) atoms. The molecule has 2 nitrogen and oxygen atoms in total. The number of nitrogens with two attached hydrogens (primary N) is 1. The van der Waals surface area contributed by atoms with E-state index in [2.05, 4.69) is 21.2 Å². The van der Waals surface area contributed by atoms with Gasteiger partial charge >= 0.3 is 0 Å². The van der Waals surface area contributed by atoms with Crippen molar-refractivity contribution in [2.45, 2.75) is 19.5 Å². The van der Waals surface area contributed by atoms with E-state index in [1.54, 1.807) is 0 Å². The zero-order valence-electron chi connectivity index (χ0n) is 6.69. The summed E-state index contributed by atoms with van der Waals surface area (Å²) in [5.41, 5.74) is 8.47. The summed E-state index contributed by atoms with van der Waals surface area (Å²) in [4.78, 5) is 1.45. The number of nitrogens with one attached hydrogen (secondary N) is 1. The lowest BCUT2D eigenvalue weighted by Gasteiger charge is -2.13. The second-order valence-corrected chi connectivity index (χ2v) is 5.31. The zero-order chi connectivity index (χ0) is 8.55. The Hall–Kier alpha value is 0.1000. The van der Waals surface area contributed by atoms with Crippen molar-refractivity contribution in [2.75, 3.05) is 6.54 Å². The average molecular weight is 247 g/mol. The third-order valence-corrected chi connectivity index (χ3v) is 4.22. The van der Waals surface area contributed by atoms with Gasteiger partial charge in [-0.25, -0.2) is 0 Å². The molecule has 0 radical (unpaired) electrons. The summed E-state index contributed by atoms with van der Waals surface area (Å²) in [7, 11) is 0. The molecular formula is C8H11BrN2S. The zero-order valence-corrected chi connectivity index (χ0v) is 9.09. The summed E-state index contributed by atoms with van der Waals surface area (Å²) in [5, 5.41) is 3.35. The SMILES string of the molecule is NCc1c(Br)sc2c1CCNC2. The first-order valence-corrected chi connectivity index (χ1v) is 5.63. The van der Waals surface area contributed by atoms with Gasteiger partial charge in [0.05, 0.1) is 3.79 Å². The Balaban J connectivity index is 2.46. The molecule has 0 saturated heterocycles. The maximum atomic E-state index is 5.68. The van der Waals surface area contributed by atoms with E-state index in [4.69, 9.17) is 5.73 Å². The fraction of sp³-hybridized carbons (Fsp3) is 0.500. The molecule has 0 aliphatic carbocycles. The van der Waals surface area contributed by atoms with Crippen LogP contribution in [0.25, 0.3) is 0 Å². The normalized spacial score (nSPS) is 16.2. The van der Waals surface area contributed by atoms with Gasteiger partial charge in [0.25, 0.3) is 0 Å². The Kier molecular flexibility index (Phi) is 2.50. The maximum Gasteiger partial charge on any atom is 0.0749 e. The molecule has 2 heterocycles. The van der Waals surface area contributed by atoms with E-state index in [1.807, 2.05) is 11.3 Å². The fourth-order valence-corrected chi connectivity index (χ4v) is 3.63. The highest BCUT2D eigenvalue weighted by atomic mass is 79.9. The molecular weight excluding hydrogens is 236 g/mol. The Morgan fingerprint density at radius 3 is 3.17 bits per heavy atom. The summed E-state index contributed by atoms with van der Waals surface area (Å²) < 4.78 is 1.22. The summed E-state index contributed by atoms with van der Waals surface area (Å²) in [6.07, 6.45) is 1.13. The van der Waals surface area contributed by atoms with E-state index in [1.165, 1.54) is 19.8 Å². The van der Waals surface area contributed by atoms with E-state index in [9.17, 15) is 0 Å². The van der Waals surface area contributed by atoms with Gasteiger partial charge in [-0.1, -0.05) is 0 Å². The van der Waals surface area contributed by atoms with Gasteiger partial charge in [-0.2, -0.15) is 0 Å². The fourth-order valence-electron chi connectivity index (χ4n) is 1.57. The van der Waals surface area contributed by atoms with Crippen molar-refractivity contribution in [3.05, 3.63) is 19.8 Å². The van der Waals surface area contributed by atoms with E-state index < -0.39 is 0 Å². The molecule has 3 N–H and O–H groups in total. The van der Waals surface area contributed by atoms with Gasteiger partial charge < -0.3 is 11.1 Å². The average Bonchev–Trinajstić information content (AvgIpc) is 2.40. The standard InChI is InChI=1S/C8H11BrN2S/c9-8-6(3-10)5-1-2-11-4-7(5)12-8/h11H,1-4,10H2. The Labute approximate surface area is 84.3 Å². The summed E-state index contributed by atoms with van der Waals surface area (Å²) in [6.45, 7) is 2.76. The third kappa shape index (κ3) is 1.33. The number of fused-ring (bicyclic) bond motifs is 1. The van der Waals surface area contributed by atoms with Crippen LogP contribution in [0, 0.1) is 0 Å².